The van der Waals surface area contributed by atoms with Gasteiger partial charge in [-0.25, -0.2) is 0 Å². The molecule has 0 bridgehead atoms. The summed E-state index contributed by atoms with van der Waals surface area (Å²) in [5, 5.41) is 0. The number of rotatable bonds is 6. The normalized spacial score (nSPS) is 14.1. The zero-order valence-electron chi connectivity index (χ0n) is 14.1. The summed E-state index contributed by atoms with van der Waals surface area (Å²) >= 11 is 0. The molecule has 2 amide bonds. The highest BCUT2D eigenvalue weighted by Gasteiger charge is 2.23. The molecule has 1 fully saturated rings. The SMILES string of the molecule is COc1cccc(CC(=O)N2CCN(C(=O)CCCN)CC2)c1.Cl. The van der Waals surface area contributed by atoms with Gasteiger partial charge in [-0.15, -0.1) is 12.4 Å². The van der Waals surface area contributed by atoms with Crippen LogP contribution in [0.25, 0.3) is 0 Å². The lowest BCUT2D eigenvalue weighted by Gasteiger charge is -2.35. The number of nitrogens with zero attached hydrogens (tertiary/aromatic N) is 2. The Balaban J connectivity index is 0.00000288. The summed E-state index contributed by atoms with van der Waals surface area (Å²) in [6, 6.07) is 7.55. The lowest BCUT2D eigenvalue weighted by Crippen LogP contribution is -2.51. The number of carbonyl (C=O) groups excluding carboxylic acids is 2. The highest BCUT2D eigenvalue weighted by atomic mass is 35.5. The van der Waals surface area contributed by atoms with Gasteiger partial charge in [-0.1, -0.05) is 12.1 Å². The average Bonchev–Trinajstić information content (AvgIpc) is 2.60. The minimum absolute atomic E-state index is 0. The summed E-state index contributed by atoms with van der Waals surface area (Å²) in [5.74, 6) is 0.980. The zero-order valence-corrected chi connectivity index (χ0v) is 14.9. The fourth-order valence-electron chi connectivity index (χ4n) is 2.69. The second kappa shape index (κ2) is 10.2. The highest BCUT2D eigenvalue weighted by Crippen LogP contribution is 2.14. The summed E-state index contributed by atoms with van der Waals surface area (Å²) in [4.78, 5) is 28.0. The molecule has 134 valence electrons. The molecular formula is C17H26ClN3O3. The molecule has 0 unspecified atom stereocenters. The van der Waals surface area contributed by atoms with E-state index in [1.807, 2.05) is 34.1 Å². The number of carbonyl (C=O) groups is 2. The molecule has 0 radical (unpaired) electrons. The van der Waals surface area contributed by atoms with Crippen LogP contribution in [0.5, 0.6) is 5.75 Å². The fourth-order valence-corrected chi connectivity index (χ4v) is 2.69. The van der Waals surface area contributed by atoms with Gasteiger partial charge in [-0.2, -0.15) is 0 Å². The van der Waals surface area contributed by atoms with E-state index in [1.165, 1.54) is 0 Å². The number of piperazine rings is 1. The van der Waals surface area contributed by atoms with Crippen molar-refractivity contribution in [2.75, 3.05) is 39.8 Å². The molecule has 0 saturated carbocycles. The molecule has 1 aromatic rings. The van der Waals surface area contributed by atoms with Gasteiger partial charge in [-0.05, 0) is 30.7 Å². The lowest BCUT2D eigenvalue weighted by atomic mass is 10.1. The average molecular weight is 356 g/mol. The van der Waals surface area contributed by atoms with E-state index in [0.717, 1.165) is 11.3 Å². The van der Waals surface area contributed by atoms with Gasteiger partial charge in [0.25, 0.3) is 0 Å². The Hall–Kier alpha value is -1.79. The van der Waals surface area contributed by atoms with E-state index in [9.17, 15) is 9.59 Å². The van der Waals surface area contributed by atoms with Crippen molar-refractivity contribution in [1.29, 1.82) is 0 Å². The molecule has 0 aliphatic carbocycles. The van der Waals surface area contributed by atoms with Gasteiger partial charge in [0, 0.05) is 32.6 Å². The van der Waals surface area contributed by atoms with E-state index in [1.54, 1.807) is 7.11 Å². The molecule has 1 aliphatic rings. The molecule has 0 aromatic heterocycles. The summed E-state index contributed by atoms with van der Waals surface area (Å²) in [6.07, 6.45) is 1.57. The largest absolute Gasteiger partial charge is 0.497 e. The molecule has 0 atom stereocenters. The summed E-state index contributed by atoms with van der Waals surface area (Å²) in [7, 11) is 1.61. The second-order valence-electron chi connectivity index (χ2n) is 5.68. The first-order valence-corrected chi connectivity index (χ1v) is 8.02. The van der Waals surface area contributed by atoms with Crippen LogP contribution in [0.2, 0.25) is 0 Å². The Morgan fingerprint density at radius 1 is 1.12 bits per heavy atom. The molecule has 1 aliphatic heterocycles. The van der Waals surface area contributed by atoms with Gasteiger partial charge < -0.3 is 20.3 Å². The smallest absolute Gasteiger partial charge is 0.227 e. The van der Waals surface area contributed by atoms with Crippen LogP contribution in [0.4, 0.5) is 0 Å². The molecule has 1 heterocycles. The number of hydrogen-bond donors (Lipinski definition) is 1. The van der Waals surface area contributed by atoms with Crippen LogP contribution in [-0.2, 0) is 16.0 Å². The van der Waals surface area contributed by atoms with Gasteiger partial charge in [0.15, 0.2) is 0 Å². The quantitative estimate of drug-likeness (QED) is 0.828. The van der Waals surface area contributed by atoms with Crippen LogP contribution in [-0.4, -0.2) is 61.4 Å². The minimum Gasteiger partial charge on any atom is -0.497 e. The van der Waals surface area contributed by atoms with E-state index in [4.69, 9.17) is 10.5 Å². The number of halogens is 1. The Labute approximate surface area is 149 Å². The molecule has 6 nitrogen and oxygen atoms in total. The summed E-state index contributed by atoms with van der Waals surface area (Å²) in [5.41, 5.74) is 6.37. The summed E-state index contributed by atoms with van der Waals surface area (Å²) in [6.45, 7) is 2.93. The number of benzene rings is 1. The number of methoxy groups -OCH3 is 1. The van der Waals surface area contributed by atoms with Crippen molar-refractivity contribution in [3.05, 3.63) is 29.8 Å². The van der Waals surface area contributed by atoms with Crippen molar-refractivity contribution >= 4 is 24.2 Å². The Morgan fingerprint density at radius 2 is 1.75 bits per heavy atom. The Morgan fingerprint density at radius 3 is 2.33 bits per heavy atom. The number of hydrogen-bond acceptors (Lipinski definition) is 4. The molecule has 2 rings (SSSR count). The predicted molar refractivity (Wildman–Crippen MR) is 95.4 cm³/mol. The number of amides is 2. The molecule has 24 heavy (non-hydrogen) atoms. The maximum absolute atomic E-state index is 12.4. The van der Waals surface area contributed by atoms with Gasteiger partial charge in [0.2, 0.25) is 11.8 Å². The van der Waals surface area contributed by atoms with Gasteiger partial charge in [-0.3, -0.25) is 9.59 Å². The summed E-state index contributed by atoms with van der Waals surface area (Å²) < 4.78 is 5.18. The first-order valence-electron chi connectivity index (χ1n) is 8.02. The molecule has 7 heteroatoms. The van der Waals surface area contributed by atoms with E-state index < -0.39 is 0 Å². The Bertz CT molecular complexity index is 546. The van der Waals surface area contributed by atoms with Gasteiger partial charge in [0.05, 0.1) is 13.5 Å². The van der Waals surface area contributed by atoms with Crippen LogP contribution in [0.1, 0.15) is 18.4 Å². The lowest BCUT2D eigenvalue weighted by molar-refractivity contribution is -0.139. The first kappa shape index (κ1) is 20.3. The fraction of sp³-hybridized carbons (Fsp3) is 0.529. The maximum Gasteiger partial charge on any atom is 0.227 e. The van der Waals surface area contributed by atoms with E-state index in [-0.39, 0.29) is 24.2 Å². The van der Waals surface area contributed by atoms with Crippen molar-refractivity contribution in [3.63, 3.8) is 0 Å². The predicted octanol–water partition coefficient (Wildman–Crippen LogP) is 1.07. The van der Waals surface area contributed by atoms with Crippen LogP contribution in [0.3, 0.4) is 0 Å². The molecule has 0 spiro atoms. The van der Waals surface area contributed by atoms with Crippen molar-refractivity contribution in [2.45, 2.75) is 19.3 Å². The number of nitrogens with two attached hydrogens (primary N) is 1. The van der Waals surface area contributed by atoms with Crippen LogP contribution < -0.4 is 10.5 Å². The Kier molecular flexibility index (Phi) is 8.57. The van der Waals surface area contributed by atoms with Crippen LogP contribution in [0, 0.1) is 0 Å². The van der Waals surface area contributed by atoms with Crippen molar-refractivity contribution in [2.24, 2.45) is 5.73 Å². The first-order chi connectivity index (χ1) is 11.1. The monoisotopic (exact) mass is 355 g/mol. The molecule has 2 N–H and O–H groups in total. The van der Waals surface area contributed by atoms with Crippen molar-refractivity contribution < 1.29 is 14.3 Å². The highest BCUT2D eigenvalue weighted by molar-refractivity contribution is 5.85. The second-order valence-corrected chi connectivity index (χ2v) is 5.68. The van der Waals surface area contributed by atoms with Crippen molar-refractivity contribution in [1.82, 2.24) is 9.80 Å². The third kappa shape index (κ3) is 5.69. The van der Waals surface area contributed by atoms with E-state index >= 15 is 0 Å². The topological polar surface area (TPSA) is 75.9 Å². The van der Waals surface area contributed by atoms with Crippen LogP contribution >= 0.6 is 12.4 Å². The van der Waals surface area contributed by atoms with Gasteiger partial charge >= 0.3 is 0 Å². The van der Waals surface area contributed by atoms with E-state index in [0.29, 0.717) is 52.0 Å². The van der Waals surface area contributed by atoms with Crippen molar-refractivity contribution in [3.8, 4) is 5.75 Å². The van der Waals surface area contributed by atoms with Gasteiger partial charge in [0.1, 0.15) is 5.75 Å². The number of ether oxygens (including phenoxy) is 1. The third-order valence-electron chi connectivity index (χ3n) is 4.07. The zero-order chi connectivity index (χ0) is 16.7. The van der Waals surface area contributed by atoms with E-state index in [2.05, 4.69) is 0 Å². The maximum atomic E-state index is 12.4. The molecule has 1 aromatic carbocycles. The molecular weight excluding hydrogens is 330 g/mol. The minimum atomic E-state index is 0. The molecule has 1 saturated heterocycles. The third-order valence-corrected chi connectivity index (χ3v) is 4.07. The standard InChI is InChI=1S/C17H25N3O3.ClH/c1-23-15-5-2-4-14(12-15)13-17(22)20-10-8-19(9-11-20)16(21)6-3-7-18;/h2,4-5,12H,3,6-11,13,18H2,1H3;1H. The van der Waals surface area contributed by atoms with Crippen LogP contribution in [0.15, 0.2) is 24.3 Å².